The number of hydrogen-bond acceptors (Lipinski definition) is 2. The molecular weight excluding hydrogens is 506 g/mol. The van der Waals surface area contributed by atoms with Crippen molar-refractivity contribution < 1.29 is 4.79 Å². The van der Waals surface area contributed by atoms with Gasteiger partial charge in [0.25, 0.3) is 0 Å². The molecule has 1 aliphatic rings. The topological polar surface area (TPSA) is 55.1 Å². The van der Waals surface area contributed by atoms with Gasteiger partial charge >= 0.3 is 6.03 Å². The lowest BCUT2D eigenvalue weighted by Crippen LogP contribution is -2.38. The van der Waals surface area contributed by atoms with Gasteiger partial charge in [-0.3, -0.25) is 0 Å². The maximum atomic E-state index is 14.1. The molecule has 0 bridgehead atoms. The summed E-state index contributed by atoms with van der Waals surface area (Å²) in [6.07, 6.45) is 3.01. The maximum Gasteiger partial charge on any atom is 0.323 e. The van der Waals surface area contributed by atoms with Crippen LogP contribution in [0.4, 0.5) is 10.5 Å². The zero-order valence-corrected chi connectivity index (χ0v) is 23.0. The molecule has 0 saturated carbocycles. The van der Waals surface area contributed by atoms with Crippen molar-refractivity contribution in [1.29, 1.82) is 0 Å². The number of urea groups is 1. The van der Waals surface area contributed by atoms with Crippen LogP contribution in [-0.2, 0) is 13.0 Å². The van der Waals surface area contributed by atoms with Gasteiger partial charge in [0.05, 0.1) is 40.4 Å². The minimum atomic E-state index is -0.328. The number of benzene rings is 3. The Morgan fingerprint density at radius 2 is 1.77 bits per heavy atom. The first kappa shape index (κ1) is 25.0. The number of nitrogens with one attached hydrogen (secondary N) is 1. The van der Waals surface area contributed by atoms with Crippen LogP contribution in [0.5, 0.6) is 0 Å². The van der Waals surface area contributed by atoms with Crippen molar-refractivity contribution in [2.24, 2.45) is 0 Å². The number of anilines is 1. The Morgan fingerprint density at radius 3 is 2.49 bits per heavy atom. The second kappa shape index (κ2) is 10.1. The average molecular weight is 536 g/mol. The number of nitrogens with zero attached hydrogens (tertiary/aromatic N) is 4. The van der Waals surface area contributed by atoms with Crippen molar-refractivity contribution >= 4 is 23.3 Å². The van der Waals surface area contributed by atoms with Crippen LogP contribution in [0.3, 0.4) is 0 Å². The monoisotopic (exact) mass is 535 g/mol. The molecule has 0 radical (unpaired) electrons. The number of halogens is 1. The second-order valence-corrected chi connectivity index (χ2v) is 10.4. The molecule has 0 saturated heterocycles. The smallest absolute Gasteiger partial charge is 0.307 e. The Kier molecular flexibility index (Phi) is 6.49. The van der Waals surface area contributed by atoms with Crippen LogP contribution in [0, 0.1) is 13.8 Å². The Labute approximate surface area is 233 Å². The SMILES string of the molecule is CCc1ccc([C@H]2c3cccn3-c3c(c(C)nn3-c3ccccc3)CN2C(=O)Nc2ccc(C)cc2Cl)cc1. The number of fused-ring (bicyclic) bond motifs is 3. The van der Waals surface area contributed by atoms with Gasteiger partial charge in [-0.15, -0.1) is 0 Å². The molecule has 2 amide bonds. The third-order valence-electron chi connectivity index (χ3n) is 7.42. The van der Waals surface area contributed by atoms with E-state index in [9.17, 15) is 4.79 Å². The van der Waals surface area contributed by atoms with E-state index in [4.69, 9.17) is 16.7 Å². The normalized spacial score (nSPS) is 14.5. The van der Waals surface area contributed by atoms with Crippen LogP contribution >= 0.6 is 11.6 Å². The van der Waals surface area contributed by atoms with Crippen LogP contribution in [0.15, 0.2) is 91.1 Å². The zero-order valence-electron chi connectivity index (χ0n) is 22.2. The summed E-state index contributed by atoms with van der Waals surface area (Å²) in [6, 6.07) is 27.9. The fraction of sp³-hybridized carbons (Fsp3) is 0.188. The minimum absolute atomic E-state index is 0.224. The average Bonchev–Trinajstić information content (AvgIpc) is 3.51. The predicted octanol–water partition coefficient (Wildman–Crippen LogP) is 7.63. The number of aryl methyl sites for hydroxylation is 3. The first-order valence-corrected chi connectivity index (χ1v) is 13.6. The Morgan fingerprint density at radius 1 is 1.00 bits per heavy atom. The Hall–Kier alpha value is -4.29. The van der Waals surface area contributed by atoms with E-state index >= 15 is 0 Å². The van der Waals surface area contributed by atoms with Gasteiger partial charge in [0.15, 0.2) is 0 Å². The molecule has 1 aliphatic heterocycles. The third kappa shape index (κ3) is 4.51. The molecule has 1 atom stereocenters. The number of hydrogen-bond donors (Lipinski definition) is 1. The third-order valence-corrected chi connectivity index (χ3v) is 7.73. The standard InChI is InChI=1S/C32H30ClN5O/c1-4-23-13-15-24(16-14-23)30-29-11-8-18-36(29)31-26(22(3)35-38(31)25-9-6-5-7-10-25)20-37(30)32(39)34-28-17-12-21(2)19-27(28)33/h5-19,30H,4,20H2,1-3H3,(H,34,39)/t30-/m0/s1. The van der Waals surface area contributed by atoms with Crippen molar-refractivity contribution in [3.8, 4) is 11.5 Å². The molecule has 3 aromatic carbocycles. The highest BCUT2D eigenvalue weighted by Crippen LogP contribution is 2.39. The van der Waals surface area contributed by atoms with Crippen LogP contribution in [0.1, 0.15) is 46.6 Å². The van der Waals surface area contributed by atoms with Gasteiger partial charge in [-0.2, -0.15) is 5.10 Å². The van der Waals surface area contributed by atoms with Gasteiger partial charge in [-0.25, -0.2) is 9.48 Å². The van der Waals surface area contributed by atoms with Gasteiger partial charge in [0.2, 0.25) is 0 Å². The molecule has 39 heavy (non-hydrogen) atoms. The van der Waals surface area contributed by atoms with Crippen molar-refractivity contribution in [1.82, 2.24) is 19.2 Å². The quantitative estimate of drug-likeness (QED) is 0.257. The van der Waals surface area contributed by atoms with Gasteiger partial charge in [0.1, 0.15) is 5.82 Å². The number of aromatic nitrogens is 3. The first-order valence-electron chi connectivity index (χ1n) is 13.2. The van der Waals surface area contributed by atoms with E-state index < -0.39 is 0 Å². The van der Waals surface area contributed by atoms with Crippen molar-refractivity contribution in [3.05, 3.63) is 130 Å². The van der Waals surface area contributed by atoms with E-state index in [2.05, 4.69) is 53.3 Å². The molecule has 0 fully saturated rings. The van der Waals surface area contributed by atoms with Crippen LogP contribution in [0.2, 0.25) is 5.02 Å². The van der Waals surface area contributed by atoms with E-state index in [1.807, 2.05) is 78.0 Å². The number of carbonyl (C=O) groups excluding carboxylic acids is 1. The van der Waals surface area contributed by atoms with E-state index in [0.29, 0.717) is 17.3 Å². The molecule has 0 aliphatic carbocycles. The van der Waals surface area contributed by atoms with Gasteiger partial charge < -0.3 is 14.8 Å². The number of para-hydroxylation sites is 1. The molecule has 6 rings (SSSR count). The van der Waals surface area contributed by atoms with E-state index in [-0.39, 0.29) is 12.1 Å². The summed E-state index contributed by atoms with van der Waals surface area (Å²) in [5.41, 5.74) is 7.74. The van der Waals surface area contributed by atoms with Crippen molar-refractivity contribution in [2.45, 2.75) is 39.8 Å². The first-order chi connectivity index (χ1) is 18.9. The van der Waals surface area contributed by atoms with Gasteiger partial charge in [0, 0.05) is 11.8 Å². The summed E-state index contributed by atoms with van der Waals surface area (Å²) >= 11 is 6.52. The molecule has 196 valence electrons. The van der Waals surface area contributed by atoms with Gasteiger partial charge in [-0.1, -0.05) is 67.1 Å². The molecular formula is C32H30ClN5O. The van der Waals surface area contributed by atoms with Crippen LogP contribution in [0.25, 0.3) is 11.5 Å². The maximum absolute atomic E-state index is 14.1. The summed E-state index contributed by atoms with van der Waals surface area (Å²) in [5.74, 6) is 0.942. The molecule has 2 aromatic heterocycles. The lowest BCUT2D eigenvalue weighted by Gasteiger charge is -2.31. The molecule has 0 unspecified atom stereocenters. The Bertz CT molecular complexity index is 1650. The molecule has 5 aromatic rings. The fourth-order valence-electron chi connectivity index (χ4n) is 5.34. The minimum Gasteiger partial charge on any atom is -0.307 e. The second-order valence-electron chi connectivity index (χ2n) is 9.98. The lowest BCUT2D eigenvalue weighted by molar-refractivity contribution is 0.194. The van der Waals surface area contributed by atoms with E-state index in [1.54, 1.807) is 0 Å². The summed E-state index contributed by atoms with van der Waals surface area (Å²) < 4.78 is 4.15. The van der Waals surface area contributed by atoms with E-state index in [0.717, 1.165) is 46.0 Å². The summed E-state index contributed by atoms with van der Waals surface area (Å²) in [4.78, 5) is 16.0. The zero-order chi connectivity index (χ0) is 27.1. The highest BCUT2D eigenvalue weighted by atomic mass is 35.5. The van der Waals surface area contributed by atoms with Crippen molar-refractivity contribution in [2.75, 3.05) is 5.32 Å². The molecule has 6 nitrogen and oxygen atoms in total. The summed E-state index contributed by atoms with van der Waals surface area (Å²) in [5, 5.41) is 8.52. The molecule has 3 heterocycles. The lowest BCUT2D eigenvalue weighted by atomic mass is 9.99. The number of amides is 2. The molecule has 0 spiro atoms. The highest BCUT2D eigenvalue weighted by molar-refractivity contribution is 6.33. The number of carbonyl (C=O) groups is 1. The van der Waals surface area contributed by atoms with E-state index in [1.165, 1.54) is 5.56 Å². The van der Waals surface area contributed by atoms with Crippen LogP contribution < -0.4 is 5.32 Å². The number of rotatable bonds is 4. The Balaban J connectivity index is 1.52. The van der Waals surface area contributed by atoms with Crippen molar-refractivity contribution in [3.63, 3.8) is 0 Å². The van der Waals surface area contributed by atoms with Crippen LogP contribution in [-0.4, -0.2) is 25.3 Å². The fourth-order valence-corrected chi connectivity index (χ4v) is 5.63. The summed E-state index contributed by atoms with van der Waals surface area (Å²) in [7, 11) is 0. The molecule has 1 N–H and O–H groups in total. The largest absolute Gasteiger partial charge is 0.323 e. The predicted molar refractivity (Wildman–Crippen MR) is 156 cm³/mol. The van der Waals surface area contributed by atoms with Gasteiger partial charge in [-0.05, 0) is 73.4 Å². The molecule has 7 heteroatoms. The summed E-state index contributed by atoms with van der Waals surface area (Å²) in [6.45, 7) is 6.51. The highest BCUT2D eigenvalue weighted by Gasteiger charge is 2.36.